The molecule has 43 heavy (non-hydrogen) atoms. The van der Waals surface area contributed by atoms with Crippen LogP contribution in [-0.4, -0.2) is 0 Å². The van der Waals surface area contributed by atoms with E-state index in [9.17, 15) is 10.5 Å². The van der Waals surface area contributed by atoms with Crippen molar-refractivity contribution in [2.24, 2.45) is 23.2 Å². The molecule has 4 heteroatoms. The maximum absolute atomic E-state index is 9.45. The first-order valence-corrected chi connectivity index (χ1v) is 15.5. The van der Waals surface area contributed by atoms with Gasteiger partial charge in [0.15, 0.2) is 0 Å². The highest BCUT2D eigenvalue weighted by Gasteiger charge is 2.63. The highest BCUT2D eigenvalue weighted by Crippen LogP contribution is 2.72. The molecule has 0 saturated heterocycles. The van der Waals surface area contributed by atoms with Crippen LogP contribution in [0.5, 0.6) is 11.5 Å². The molecule has 5 atom stereocenters. The van der Waals surface area contributed by atoms with E-state index in [1.807, 2.05) is 61.0 Å². The Bertz CT molecular complexity index is 1740. The molecule has 4 nitrogen and oxygen atoms in total. The second-order valence-corrected chi connectivity index (χ2v) is 13.4. The quantitative estimate of drug-likeness (QED) is 0.210. The van der Waals surface area contributed by atoms with Crippen molar-refractivity contribution in [1.29, 1.82) is 10.5 Å². The van der Waals surface area contributed by atoms with E-state index in [0.29, 0.717) is 40.6 Å². The monoisotopic (exact) mass is 564 g/mol. The Morgan fingerprint density at radius 2 is 1.33 bits per heavy atom. The molecule has 4 aliphatic carbocycles. The van der Waals surface area contributed by atoms with Gasteiger partial charge in [0.25, 0.3) is 12.5 Å². The van der Waals surface area contributed by atoms with Crippen LogP contribution >= 0.6 is 0 Å². The standard InChI is InChI=1S/C39H36N2O2/c1-26(2)38-20-27-17-31(22-38)37(30-13-15-35(42-24-40)33(18-30)28-9-5-3-6-10-28)39(21-27,23-38)32-14-16-36(43-25-41)34(19-32)29-11-7-4-8-12-29/h3-16,18-19,26-27,31,37H,17,20-23H2,1-2H3. The summed E-state index contributed by atoms with van der Waals surface area (Å²) >= 11 is 0. The number of hydrogen-bond acceptors (Lipinski definition) is 4. The Morgan fingerprint density at radius 3 is 1.93 bits per heavy atom. The van der Waals surface area contributed by atoms with Crippen LogP contribution in [0.4, 0.5) is 0 Å². The fraction of sp³-hybridized carbons (Fsp3) is 0.333. The van der Waals surface area contributed by atoms with Crippen LogP contribution in [-0.2, 0) is 5.41 Å². The fourth-order valence-electron chi connectivity index (χ4n) is 9.44. The summed E-state index contributed by atoms with van der Waals surface area (Å²) in [6.45, 7) is 4.85. The Balaban J connectivity index is 1.43. The van der Waals surface area contributed by atoms with Crippen LogP contribution in [0.2, 0.25) is 0 Å². The third kappa shape index (κ3) is 4.49. The lowest BCUT2D eigenvalue weighted by molar-refractivity contribution is -0.111. The van der Waals surface area contributed by atoms with Crippen molar-refractivity contribution in [1.82, 2.24) is 0 Å². The van der Waals surface area contributed by atoms with E-state index in [1.54, 1.807) is 0 Å². The second-order valence-electron chi connectivity index (χ2n) is 13.4. The zero-order chi connectivity index (χ0) is 29.6. The zero-order valence-corrected chi connectivity index (χ0v) is 24.8. The molecule has 4 aromatic carbocycles. The lowest BCUT2D eigenvalue weighted by Gasteiger charge is -2.67. The SMILES string of the molecule is CC(C)C12CC3CC(C1)C(c1ccc(OC#N)c(-c4ccccc4)c1)C(c1ccc(OC#N)c(-c4ccccc4)c1)(C3)C2. The molecule has 0 aliphatic heterocycles. The number of benzene rings is 4. The Kier molecular flexibility index (Phi) is 6.75. The summed E-state index contributed by atoms with van der Waals surface area (Å²) in [5, 5.41) is 18.9. The summed E-state index contributed by atoms with van der Waals surface area (Å²) in [5.41, 5.74) is 6.98. The van der Waals surface area contributed by atoms with Crippen LogP contribution in [0.1, 0.15) is 63.0 Å². The summed E-state index contributed by atoms with van der Waals surface area (Å²) < 4.78 is 11.0. The molecule has 4 aromatic rings. The number of nitrogens with zero attached hydrogens (tertiary/aromatic N) is 2. The maximum Gasteiger partial charge on any atom is 0.292 e. The summed E-state index contributed by atoms with van der Waals surface area (Å²) in [6, 6.07) is 33.6. The molecule has 0 amide bonds. The first kappa shape index (κ1) is 27.3. The largest absolute Gasteiger partial charge is 0.387 e. The maximum atomic E-state index is 9.45. The number of nitriles is 2. The average molecular weight is 565 g/mol. The molecule has 0 heterocycles. The van der Waals surface area contributed by atoms with Crippen molar-refractivity contribution in [3.8, 4) is 46.3 Å². The third-order valence-electron chi connectivity index (χ3n) is 11.0. The molecule has 4 bridgehead atoms. The van der Waals surface area contributed by atoms with Gasteiger partial charge in [-0.3, -0.25) is 0 Å². The predicted molar refractivity (Wildman–Crippen MR) is 168 cm³/mol. The van der Waals surface area contributed by atoms with E-state index >= 15 is 0 Å². The lowest BCUT2D eigenvalue weighted by atomic mass is 9.37. The minimum atomic E-state index is -0.0470. The van der Waals surface area contributed by atoms with Crippen molar-refractivity contribution < 1.29 is 9.47 Å². The molecular formula is C39H36N2O2. The van der Waals surface area contributed by atoms with Crippen LogP contribution in [0.3, 0.4) is 0 Å². The Labute approximate surface area is 254 Å². The third-order valence-corrected chi connectivity index (χ3v) is 11.0. The van der Waals surface area contributed by atoms with Crippen LogP contribution in [0.25, 0.3) is 22.3 Å². The molecular weight excluding hydrogens is 528 g/mol. The van der Waals surface area contributed by atoms with Crippen molar-refractivity contribution >= 4 is 0 Å². The molecule has 0 spiro atoms. The van der Waals surface area contributed by atoms with Crippen LogP contribution in [0.15, 0.2) is 97.1 Å². The first-order valence-electron chi connectivity index (χ1n) is 15.5. The lowest BCUT2D eigenvalue weighted by Crippen LogP contribution is -2.59. The van der Waals surface area contributed by atoms with Gasteiger partial charge in [0.1, 0.15) is 11.5 Å². The van der Waals surface area contributed by atoms with Gasteiger partial charge in [-0.1, -0.05) is 86.6 Å². The Morgan fingerprint density at radius 1 is 0.721 bits per heavy atom. The molecule has 4 aliphatic rings. The molecule has 0 radical (unpaired) electrons. The van der Waals surface area contributed by atoms with Gasteiger partial charge >= 0.3 is 0 Å². The normalized spacial score (nSPS) is 27.0. The second kappa shape index (κ2) is 10.6. The van der Waals surface area contributed by atoms with Crippen molar-refractivity contribution in [3.63, 3.8) is 0 Å². The minimum Gasteiger partial charge on any atom is -0.387 e. The summed E-state index contributed by atoms with van der Waals surface area (Å²) in [4.78, 5) is 0. The van der Waals surface area contributed by atoms with Gasteiger partial charge < -0.3 is 9.47 Å². The van der Waals surface area contributed by atoms with E-state index < -0.39 is 0 Å². The van der Waals surface area contributed by atoms with Crippen LogP contribution in [0, 0.1) is 46.2 Å². The number of rotatable bonds is 7. The highest BCUT2D eigenvalue weighted by atomic mass is 16.5. The topological polar surface area (TPSA) is 66.0 Å². The molecule has 0 aromatic heterocycles. The molecule has 0 N–H and O–H groups in total. The summed E-state index contributed by atoms with van der Waals surface area (Å²) in [6.07, 6.45) is 9.96. The van der Waals surface area contributed by atoms with E-state index in [1.165, 1.54) is 30.4 Å². The molecule has 5 unspecified atom stereocenters. The van der Waals surface area contributed by atoms with Gasteiger partial charge in [-0.15, -0.1) is 10.5 Å². The van der Waals surface area contributed by atoms with Gasteiger partial charge in [-0.05, 0) is 108 Å². The van der Waals surface area contributed by atoms with Gasteiger partial charge in [0, 0.05) is 16.5 Å². The van der Waals surface area contributed by atoms with Gasteiger partial charge in [0.2, 0.25) is 0 Å². The van der Waals surface area contributed by atoms with Crippen molar-refractivity contribution in [2.45, 2.75) is 57.3 Å². The summed E-state index contributed by atoms with van der Waals surface area (Å²) in [7, 11) is 0. The number of ether oxygens (including phenoxy) is 2. The van der Waals surface area contributed by atoms with Crippen molar-refractivity contribution in [2.75, 3.05) is 0 Å². The molecule has 4 fully saturated rings. The highest BCUT2D eigenvalue weighted by molar-refractivity contribution is 5.73. The van der Waals surface area contributed by atoms with E-state index in [2.05, 4.69) is 62.4 Å². The molecule has 8 rings (SSSR count). The van der Waals surface area contributed by atoms with Gasteiger partial charge in [0.05, 0.1) is 0 Å². The number of hydrogen-bond donors (Lipinski definition) is 0. The summed E-state index contributed by atoms with van der Waals surface area (Å²) in [5.74, 6) is 3.42. The zero-order valence-electron chi connectivity index (χ0n) is 24.8. The fourth-order valence-corrected chi connectivity index (χ4v) is 9.44. The van der Waals surface area contributed by atoms with E-state index in [4.69, 9.17) is 9.47 Å². The van der Waals surface area contributed by atoms with Gasteiger partial charge in [-0.2, -0.15) is 0 Å². The Hall–Kier alpha value is -4.54. The average Bonchev–Trinajstić information content (AvgIpc) is 3.02. The minimum absolute atomic E-state index is 0.0470. The van der Waals surface area contributed by atoms with Crippen molar-refractivity contribution in [3.05, 3.63) is 108 Å². The first-order chi connectivity index (χ1) is 21.0. The van der Waals surface area contributed by atoms with E-state index in [0.717, 1.165) is 35.1 Å². The van der Waals surface area contributed by atoms with Crippen LogP contribution < -0.4 is 9.47 Å². The smallest absolute Gasteiger partial charge is 0.292 e. The van der Waals surface area contributed by atoms with Gasteiger partial charge in [-0.25, -0.2) is 0 Å². The molecule has 214 valence electrons. The predicted octanol–water partition coefficient (Wildman–Crippen LogP) is 9.63. The molecule has 4 saturated carbocycles. The van der Waals surface area contributed by atoms with E-state index in [-0.39, 0.29) is 5.41 Å².